The predicted octanol–water partition coefficient (Wildman–Crippen LogP) is 0.189. The lowest BCUT2D eigenvalue weighted by atomic mass is 10.2. The van der Waals surface area contributed by atoms with Gasteiger partial charge < -0.3 is 14.9 Å². The number of aliphatic carboxylic acids is 1. The number of nitrogens with zero attached hydrogens (tertiary/aromatic N) is 1. The lowest BCUT2D eigenvalue weighted by Crippen LogP contribution is -2.40. The summed E-state index contributed by atoms with van der Waals surface area (Å²) in [4.78, 5) is 22.3. The maximum atomic E-state index is 11.6. The SMILES string of the molecule is C#CCC(NC(=O)c1cnoc1C)C(=O)O. The van der Waals surface area contributed by atoms with Gasteiger partial charge >= 0.3 is 5.97 Å². The minimum Gasteiger partial charge on any atom is -0.480 e. The van der Waals surface area contributed by atoms with Crippen LogP contribution in [-0.4, -0.2) is 28.2 Å². The average molecular weight is 222 g/mol. The fourth-order valence-corrected chi connectivity index (χ4v) is 1.07. The number of terminal acetylenes is 1. The lowest BCUT2D eigenvalue weighted by molar-refractivity contribution is -0.139. The molecule has 1 atom stereocenters. The topological polar surface area (TPSA) is 92.4 Å². The number of carboxylic acid groups (broad SMARTS) is 1. The fraction of sp³-hybridized carbons (Fsp3) is 0.300. The maximum absolute atomic E-state index is 11.6. The second-order valence-electron chi connectivity index (χ2n) is 3.07. The van der Waals surface area contributed by atoms with Crippen LogP contribution in [-0.2, 0) is 4.79 Å². The summed E-state index contributed by atoms with van der Waals surface area (Å²) in [5.41, 5.74) is 0.197. The Morgan fingerprint density at radius 1 is 1.75 bits per heavy atom. The Morgan fingerprint density at radius 2 is 2.44 bits per heavy atom. The minimum absolute atomic E-state index is 0.0780. The van der Waals surface area contributed by atoms with Crippen molar-refractivity contribution in [3.8, 4) is 12.3 Å². The van der Waals surface area contributed by atoms with E-state index in [2.05, 4.69) is 20.9 Å². The first kappa shape index (κ1) is 11.8. The van der Waals surface area contributed by atoms with Crippen molar-refractivity contribution in [1.29, 1.82) is 0 Å². The Labute approximate surface area is 91.6 Å². The highest BCUT2D eigenvalue weighted by Crippen LogP contribution is 2.06. The number of carbonyl (C=O) groups excluding carboxylic acids is 1. The molecule has 0 aliphatic heterocycles. The van der Waals surface area contributed by atoms with Crippen molar-refractivity contribution >= 4 is 11.9 Å². The van der Waals surface area contributed by atoms with Crippen molar-refractivity contribution in [3.05, 3.63) is 17.5 Å². The molecule has 1 heterocycles. The normalized spacial score (nSPS) is 11.5. The molecule has 84 valence electrons. The van der Waals surface area contributed by atoms with Gasteiger partial charge in [-0.2, -0.15) is 0 Å². The first-order valence-electron chi connectivity index (χ1n) is 4.44. The van der Waals surface area contributed by atoms with E-state index in [0.717, 1.165) is 0 Å². The van der Waals surface area contributed by atoms with Gasteiger partial charge in [-0.05, 0) is 6.92 Å². The highest BCUT2D eigenvalue weighted by molar-refractivity contribution is 5.97. The molecule has 0 bridgehead atoms. The summed E-state index contributed by atoms with van der Waals surface area (Å²) in [6.45, 7) is 1.55. The van der Waals surface area contributed by atoms with Crippen LogP contribution in [0.5, 0.6) is 0 Å². The molecule has 0 saturated heterocycles. The van der Waals surface area contributed by atoms with Gasteiger partial charge in [-0.15, -0.1) is 12.3 Å². The molecule has 0 saturated carbocycles. The molecule has 2 N–H and O–H groups in total. The summed E-state index contributed by atoms with van der Waals surface area (Å²) >= 11 is 0. The van der Waals surface area contributed by atoms with Crippen LogP contribution in [0.4, 0.5) is 0 Å². The molecule has 6 nitrogen and oxygen atoms in total. The molecule has 1 aromatic heterocycles. The van der Waals surface area contributed by atoms with Gasteiger partial charge in [0.05, 0.1) is 6.20 Å². The molecule has 16 heavy (non-hydrogen) atoms. The molecule has 1 amide bonds. The Balaban J connectivity index is 2.74. The number of rotatable bonds is 4. The number of aromatic nitrogens is 1. The third-order valence-corrected chi connectivity index (χ3v) is 1.92. The van der Waals surface area contributed by atoms with Crippen molar-refractivity contribution in [2.24, 2.45) is 0 Å². The number of amides is 1. The van der Waals surface area contributed by atoms with Crippen molar-refractivity contribution < 1.29 is 19.2 Å². The maximum Gasteiger partial charge on any atom is 0.327 e. The highest BCUT2D eigenvalue weighted by Gasteiger charge is 2.21. The molecular weight excluding hydrogens is 212 g/mol. The van der Waals surface area contributed by atoms with Crippen molar-refractivity contribution in [3.63, 3.8) is 0 Å². The quantitative estimate of drug-likeness (QED) is 0.709. The second kappa shape index (κ2) is 4.98. The molecule has 0 fully saturated rings. The molecule has 0 radical (unpaired) electrons. The fourth-order valence-electron chi connectivity index (χ4n) is 1.07. The number of carbonyl (C=O) groups is 2. The van der Waals surface area contributed by atoms with E-state index in [1.54, 1.807) is 6.92 Å². The largest absolute Gasteiger partial charge is 0.480 e. The Bertz CT molecular complexity index is 444. The number of nitrogens with one attached hydrogen (secondary N) is 1. The van der Waals surface area contributed by atoms with Crippen molar-refractivity contribution in [1.82, 2.24) is 10.5 Å². The van der Waals surface area contributed by atoms with E-state index in [-0.39, 0.29) is 12.0 Å². The predicted molar refractivity (Wildman–Crippen MR) is 53.6 cm³/mol. The van der Waals surface area contributed by atoms with Gasteiger partial charge in [-0.25, -0.2) is 4.79 Å². The first-order chi connectivity index (χ1) is 7.56. The summed E-state index contributed by atoms with van der Waals surface area (Å²) < 4.78 is 4.69. The molecule has 0 aliphatic carbocycles. The summed E-state index contributed by atoms with van der Waals surface area (Å²) in [5, 5.41) is 14.5. The molecule has 1 rings (SSSR count). The van der Waals surface area contributed by atoms with E-state index in [0.29, 0.717) is 5.76 Å². The minimum atomic E-state index is -1.18. The zero-order valence-corrected chi connectivity index (χ0v) is 8.56. The smallest absolute Gasteiger partial charge is 0.327 e. The summed E-state index contributed by atoms with van der Waals surface area (Å²) in [7, 11) is 0. The van der Waals surface area contributed by atoms with Crippen LogP contribution in [0.15, 0.2) is 10.7 Å². The van der Waals surface area contributed by atoms with Gasteiger partial charge in [-0.3, -0.25) is 4.79 Å². The van der Waals surface area contributed by atoms with Crippen LogP contribution in [0, 0.1) is 19.3 Å². The van der Waals surface area contributed by atoms with Crippen molar-refractivity contribution in [2.45, 2.75) is 19.4 Å². The molecular formula is C10H10N2O4. The Morgan fingerprint density at radius 3 is 2.88 bits per heavy atom. The zero-order valence-electron chi connectivity index (χ0n) is 8.56. The van der Waals surface area contributed by atoms with E-state index >= 15 is 0 Å². The molecule has 0 aromatic carbocycles. The molecule has 1 unspecified atom stereocenters. The van der Waals surface area contributed by atoms with Gasteiger partial charge in [-0.1, -0.05) is 5.16 Å². The third-order valence-electron chi connectivity index (χ3n) is 1.92. The molecule has 1 aromatic rings. The van der Waals surface area contributed by atoms with E-state index in [1.807, 2.05) is 0 Å². The standard InChI is InChI=1S/C10H10N2O4/c1-3-4-8(10(14)15)12-9(13)7-5-11-16-6(7)2/h1,5,8H,4H2,2H3,(H,12,13)(H,14,15). The summed E-state index contributed by atoms with van der Waals surface area (Å²) in [5.74, 6) is 0.753. The van der Waals surface area contributed by atoms with Gasteiger partial charge in [0.1, 0.15) is 17.4 Å². The molecule has 0 aliphatic rings. The van der Waals surface area contributed by atoms with Gasteiger partial charge in [0.15, 0.2) is 0 Å². The second-order valence-corrected chi connectivity index (χ2v) is 3.07. The van der Waals surface area contributed by atoms with Gasteiger partial charge in [0.25, 0.3) is 5.91 Å². The third kappa shape index (κ3) is 2.60. The van der Waals surface area contributed by atoms with Crippen molar-refractivity contribution in [2.75, 3.05) is 0 Å². The molecule has 6 heteroatoms. The monoisotopic (exact) mass is 222 g/mol. The number of hydrogen-bond acceptors (Lipinski definition) is 4. The number of hydrogen-bond donors (Lipinski definition) is 2. The van der Waals surface area contributed by atoms with Crippen LogP contribution < -0.4 is 5.32 Å². The first-order valence-corrected chi connectivity index (χ1v) is 4.44. The van der Waals surface area contributed by atoms with Crippen LogP contribution >= 0.6 is 0 Å². The zero-order chi connectivity index (χ0) is 12.1. The number of carboxylic acids is 1. The van der Waals surface area contributed by atoms with Gasteiger partial charge in [0.2, 0.25) is 0 Å². The van der Waals surface area contributed by atoms with E-state index < -0.39 is 17.9 Å². The average Bonchev–Trinajstić information content (AvgIpc) is 2.63. The summed E-state index contributed by atoms with van der Waals surface area (Å²) in [6.07, 6.45) is 6.14. The van der Waals surface area contributed by atoms with E-state index in [9.17, 15) is 9.59 Å². The van der Waals surface area contributed by atoms with E-state index in [4.69, 9.17) is 11.5 Å². The Kier molecular flexibility index (Phi) is 3.67. The molecule has 0 spiro atoms. The highest BCUT2D eigenvalue weighted by atomic mass is 16.5. The van der Waals surface area contributed by atoms with Crippen LogP contribution in [0.25, 0.3) is 0 Å². The van der Waals surface area contributed by atoms with Crippen LogP contribution in [0.3, 0.4) is 0 Å². The number of aryl methyl sites for hydroxylation is 1. The lowest BCUT2D eigenvalue weighted by Gasteiger charge is -2.10. The van der Waals surface area contributed by atoms with Gasteiger partial charge in [0, 0.05) is 6.42 Å². The van der Waals surface area contributed by atoms with Crippen LogP contribution in [0.1, 0.15) is 22.5 Å². The summed E-state index contributed by atoms with van der Waals surface area (Å²) in [6, 6.07) is -1.10. The Hall–Kier alpha value is -2.29. The van der Waals surface area contributed by atoms with E-state index in [1.165, 1.54) is 6.20 Å². The van der Waals surface area contributed by atoms with Crippen LogP contribution in [0.2, 0.25) is 0 Å².